The number of ketones is 1. The first kappa shape index (κ1) is 13.5. The second kappa shape index (κ2) is 5.83. The van der Waals surface area contributed by atoms with Gasteiger partial charge in [0.05, 0.1) is 5.92 Å². The molecule has 0 radical (unpaired) electrons. The van der Waals surface area contributed by atoms with E-state index in [2.05, 4.69) is 11.8 Å². The van der Waals surface area contributed by atoms with Crippen LogP contribution in [0.1, 0.15) is 45.4 Å². The Bertz CT molecular complexity index is 330. The number of piperidine rings is 1. The first-order valence-corrected chi connectivity index (χ1v) is 7.14. The van der Waals surface area contributed by atoms with Gasteiger partial charge in [0.15, 0.2) is 0 Å². The monoisotopic (exact) mass is 252 g/mol. The van der Waals surface area contributed by atoms with Crippen molar-refractivity contribution in [2.45, 2.75) is 51.5 Å². The number of hydrogen-bond acceptors (Lipinski definition) is 3. The second-order valence-corrected chi connectivity index (χ2v) is 5.86. The predicted octanol–water partition coefficient (Wildman–Crippen LogP) is 1.33. The van der Waals surface area contributed by atoms with Gasteiger partial charge in [-0.2, -0.15) is 0 Å². The number of nitrogens with zero attached hydrogens (tertiary/aromatic N) is 1. The number of likely N-dealkylation sites (tertiary alicyclic amines) is 1. The minimum absolute atomic E-state index is 0.000444. The lowest BCUT2D eigenvalue weighted by Gasteiger charge is -2.37. The molecule has 1 heterocycles. The Morgan fingerprint density at radius 1 is 1.39 bits per heavy atom. The predicted molar refractivity (Wildman–Crippen MR) is 69.9 cm³/mol. The summed E-state index contributed by atoms with van der Waals surface area (Å²) in [5.74, 6) is 0.529. The summed E-state index contributed by atoms with van der Waals surface area (Å²) in [6, 6.07) is 0.511. The maximum atomic E-state index is 11.6. The average Bonchev–Trinajstić information content (AvgIpc) is 2.73. The van der Waals surface area contributed by atoms with Crippen molar-refractivity contribution in [3.63, 3.8) is 0 Å². The molecule has 0 aromatic carbocycles. The number of carbonyl (C=O) groups is 2. The van der Waals surface area contributed by atoms with Crippen LogP contribution in [0.3, 0.4) is 0 Å². The smallest absolute Gasteiger partial charge is 0.221 e. The summed E-state index contributed by atoms with van der Waals surface area (Å²) >= 11 is 0. The van der Waals surface area contributed by atoms with E-state index < -0.39 is 0 Å². The second-order valence-electron chi connectivity index (χ2n) is 5.86. The van der Waals surface area contributed by atoms with Gasteiger partial charge in [-0.1, -0.05) is 0 Å². The maximum Gasteiger partial charge on any atom is 0.221 e. The van der Waals surface area contributed by atoms with E-state index in [1.165, 1.54) is 0 Å². The number of hydrogen-bond donors (Lipinski definition) is 1. The third kappa shape index (κ3) is 3.10. The topological polar surface area (TPSA) is 63.4 Å². The molecule has 1 saturated heterocycles. The molecular formula is C14H24N2O2. The molecule has 3 atom stereocenters. The number of Topliss-reactive ketones (excluding diaryl/α,β-unsaturated/α-hetero) is 1. The van der Waals surface area contributed by atoms with E-state index in [-0.39, 0.29) is 17.7 Å². The van der Waals surface area contributed by atoms with Crippen molar-refractivity contribution in [3.05, 3.63) is 0 Å². The molecule has 0 aromatic rings. The van der Waals surface area contributed by atoms with Crippen molar-refractivity contribution in [2.24, 2.45) is 17.6 Å². The standard InChI is InChI=1S/C14H24N2O2/c1-10-5-6-12(14(15)18)9-16(10)8-7-11-3-2-4-13(11)17/h10-12H,2-9H2,1H3,(H2,15,18). The molecule has 0 bridgehead atoms. The Hall–Kier alpha value is -0.900. The van der Waals surface area contributed by atoms with Crippen LogP contribution in [-0.2, 0) is 9.59 Å². The molecule has 2 fully saturated rings. The highest BCUT2D eigenvalue weighted by atomic mass is 16.1. The summed E-state index contributed by atoms with van der Waals surface area (Å²) in [6.45, 7) is 3.91. The Morgan fingerprint density at radius 3 is 2.78 bits per heavy atom. The lowest BCUT2D eigenvalue weighted by molar-refractivity contribution is -0.124. The van der Waals surface area contributed by atoms with Crippen molar-refractivity contribution in [3.8, 4) is 0 Å². The molecule has 1 aliphatic heterocycles. The van der Waals surface area contributed by atoms with E-state index >= 15 is 0 Å². The summed E-state index contributed by atoms with van der Waals surface area (Å²) < 4.78 is 0. The average molecular weight is 252 g/mol. The van der Waals surface area contributed by atoms with Crippen LogP contribution in [-0.4, -0.2) is 35.7 Å². The zero-order valence-corrected chi connectivity index (χ0v) is 11.2. The van der Waals surface area contributed by atoms with Gasteiger partial charge in [-0.25, -0.2) is 0 Å². The molecule has 4 nitrogen and oxygen atoms in total. The Kier molecular flexibility index (Phi) is 4.38. The van der Waals surface area contributed by atoms with Crippen LogP contribution in [0.4, 0.5) is 0 Å². The van der Waals surface area contributed by atoms with Crippen LogP contribution in [0, 0.1) is 11.8 Å². The molecular weight excluding hydrogens is 228 g/mol. The van der Waals surface area contributed by atoms with Crippen molar-refractivity contribution in [2.75, 3.05) is 13.1 Å². The van der Waals surface area contributed by atoms with Crippen LogP contribution in [0.2, 0.25) is 0 Å². The molecule has 1 aliphatic carbocycles. The summed E-state index contributed by atoms with van der Waals surface area (Å²) in [6.07, 6.45) is 5.78. The van der Waals surface area contributed by atoms with E-state index in [0.29, 0.717) is 11.8 Å². The lowest BCUT2D eigenvalue weighted by Crippen LogP contribution is -2.46. The lowest BCUT2D eigenvalue weighted by atomic mass is 9.92. The van der Waals surface area contributed by atoms with Crippen LogP contribution in [0.5, 0.6) is 0 Å². The number of carbonyl (C=O) groups excluding carboxylic acids is 2. The molecule has 1 amide bonds. The molecule has 1 saturated carbocycles. The van der Waals surface area contributed by atoms with Crippen LogP contribution >= 0.6 is 0 Å². The first-order chi connectivity index (χ1) is 8.58. The molecule has 2 N–H and O–H groups in total. The zero-order chi connectivity index (χ0) is 13.1. The fourth-order valence-corrected chi connectivity index (χ4v) is 3.24. The first-order valence-electron chi connectivity index (χ1n) is 7.14. The minimum atomic E-state index is -0.177. The van der Waals surface area contributed by atoms with Gasteiger partial charge in [-0.15, -0.1) is 0 Å². The van der Waals surface area contributed by atoms with Gasteiger partial charge >= 0.3 is 0 Å². The third-order valence-electron chi connectivity index (χ3n) is 4.61. The molecule has 102 valence electrons. The van der Waals surface area contributed by atoms with Gasteiger partial charge in [0.2, 0.25) is 5.91 Å². The van der Waals surface area contributed by atoms with E-state index in [1.54, 1.807) is 0 Å². The summed E-state index contributed by atoms with van der Waals surface area (Å²) in [4.78, 5) is 25.2. The zero-order valence-electron chi connectivity index (χ0n) is 11.2. The van der Waals surface area contributed by atoms with Gasteiger partial charge in [0, 0.05) is 24.9 Å². The van der Waals surface area contributed by atoms with Crippen molar-refractivity contribution >= 4 is 11.7 Å². The molecule has 0 spiro atoms. The van der Waals surface area contributed by atoms with Gasteiger partial charge in [-0.3, -0.25) is 14.5 Å². The number of nitrogens with two attached hydrogens (primary N) is 1. The maximum absolute atomic E-state index is 11.6. The molecule has 3 unspecified atom stereocenters. The Morgan fingerprint density at radius 2 is 2.17 bits per heavy atom. The third-order valence-corrected chi connectivity index (χ3v) is 4.61. The van der Waals surface area contributed by atoms with E-state index in [0.717, 1.165) is 51.6 Å². The highest BCUT2D eigenvalue weighted by Crippen LogP contribution is 2.27. The van der Waals surface area contributed by atoms with Crippen molar-refractivity contribution in [1.29, 1.82) is 0 Å². The van der Waals surface area contributed by atoms with E-state index in [1.807, 2.05) is 0 Å². The van der Waals surface area contributed by atoms with Gasteiger partial charge in [0.1, 0.15) is 5.78 Å². The van der Waals surface area contributed by atoms with Gasteiger partial charge in [-0.05, 0) is 45.6 Å². The fourth-order valence-electron chi connectivity index (χ4n) is 3.24. The number of amides is 1. The normalized spacial score (nSPS) is 33.8. The highest BCUT2D eigenvalue weighted by Gasteiger charge is 2.30. The fraction of sp³-hybridized carbons (Fsp3) is 0.857. The Balaban J connectivity index is 1.83. The SMILES string of the molecule is CC1CCC(C(N)=O)CN1CCC1CCCC1=O. The van der Waals surface area contributed by atoms with Gasteiger partial charge < -0.3 is 5.73 Å². The van der Waals surface area contributed by atoms with E-state index in [4.69, 9.17) is 5.73 Å². The van der Waals surface area contributed by atoms with Crippen LogP contribution in [0.15, 0.2) is 0 Å². The quantitative estimate of drug-likeness (QED) is 0.821. The van der Waals surface area contributed by atoms with Crippen LogP contribution in [0.25, 0.3) is 0 Å². The van der Waals surface area contributed by atoms with E-state index in [9.17, 15) is 9.59 Å². The molecule has 2 rings (SSSR count). The number of rotatable bonds is 4. The van der Waals surface area contributed by atoms with Crippen LogP contribution < -0.4 is 5.73 Å². The minimum Gasteiger partial charge on any atom is -0.369 e. The summed E-state index contributed by atoms with van der Waals surface area (Å²) in [5, 5.41) is 0. The largest absolute Gasteiger partial charge is 0.369 e. The molecule has 2 aliphatic rings. The Labute approximate surface area is 109 Å². The summed E-state index contributed by atoms with van der Waals surface area (Å²) in [5.41, 5.74) is 5.40. The molecule has 0 aromatic heterocycles. The number of primary amides is 1. The van der Waals surface area contributed by atoms with Crippen molar-refractivity contribution < 1.29 is 9.59 Å². The molecule has 4 heteroatoms. The van der Waals surface area contributed by atoms with Gasteiger partial charge in [0.25, 0.3) is 0 Å². The highest BCUT2D eigenvalue weighted by molar-refractivity contribution is 5.82. The summed E-state index contributed by atoms with van der Waals surface area (Å²) in [7, 11) is 0. The van der Waals surface area contributed by atoms with Crippen molar-refractivity contribution in [1.82, 2.24) is 4.90 Å². The molecule has 18 heavy (non-hydrogen) atoms.